The van der Waals surface area contributed by atoms with Crippen LogP contribution in [-0.4, -0.2) is 13.7 Å². The Labute approximate surface area is 168 Å². The fourth-order valence-corrected chi connectivity index (χ4v) is 3.63. The molecule has 4 aromatic rings. The van der Waals surface area contributed by atoms with E-state index < -0.39 is 0 Å². The molecule has 0 amide bonds. The predicted octanol–water partition coefficient (Wildman–Crippen LogP) is 3.33. The van der Waals surface area contributed by atoms with Crippen molar-refractivity contribution < 1.29 is 0 Å². The van der Waals surface area contributed by atoms with E-state index in [4.69, 9.17) is 0 Å². The minimum Gasteiger partial charge on any atom is -0.314 e. The van der Waals surface area contributed by atoms with Gasteiger partial charge in [-0.05, 0) is 35.9 Å². The molecular formula is C21H15BrN4O2. The molecule has 0 bridgehead atoms. The van der Waals surface area contributed by atoms with E-state index in [-0.39, 0.29) is 11.2 Å². The number of halogens is 1. The summed E-state index contributed by atoms with van der Waals surface area (Å²) >= 11 is 3.43. The zero-order valence-corrected chi connectivity index (χ0v) is 16.8. The molecule has 4 rings (SSSR count). The largest absolute Gasteiger partial charge is 0.330 e. The topological polar surface area (TPSA) is 72.7 Å². The van der Waals surface area contributed by atoms with Gasteiger partial charge in [-0.25, -0.2) is 4.79 Å². The van der Waals surface area contributed by atoms with Crippen molar-refractivity contribution in [2.24, 2.45) is 14.1 Å². The third kappa shape index (κ3) is 2.70. The molecule has 138 valence electrons. The molecule has 2 heterocycles. The lowest BCUT2D eigenvalue weighted by Gasteiger charge is -2.10. The maximum atomic E-state index is 13.0. The van der Waals surface area contributed by atoms with Crippen LogP contribution in [0.5, 0.6) is 0 Å². The zero-order chi connectivity index (χ0) is 20.0. The van der Waals surface area contributed by atoms with Crippen molar-refractivity contribution in [1.82, 2.24) is 13.7 Å². The molecule has 0 saturated heterocycles. The Morgan fingerprint density at radius 2 is 1.71 bits per heavy atom. The first-order valence-corrected chi connectivity index (χ1v) is 9.29. The number of nitriles is 1. The summed E-state index contributed by atoms with van der Waals surface area (Å²) in [4.78, 5) is 25.4. The number of aryl methyl sites for hydroxylation is 1. The van der Waals surface area contributed by atoms with Crippen LogP contribution in [0.3, 0.4) is 0 Å². The number of hydrogen-bond acceptors (Lipinski definition) is 3. The van der Waals surface area contributed by atoms with Crippen molar-refractivity contribution in [3.63, 3.8) is 0 Å². The average Bonchev–Trinajstić information content (AvgIpc) is 3.12. The smallest absolute Gasteiger partial charge is 0.314 e. The highest BCUT2D eigenvalue weighted by Gasteiger charge is 2.20. The van der Waals surface area contributed by atoms with Crippen LogP contribution in [0.1, 0.15) is 5.56 Å². The first-order chi connectivity index (χ1) is 13.4. The number of fused-ring (bicyclic) bond motifs is 1. The van der Waals surface area contributed by atoms with Gasteiger partial charge in [0.05, 0.1) is 28.2 Å². The molecule has 28 heavy (non-hydrogen) atoms. The summed E-state index contributed by atoms with van der Waals surface area (Å²) in [5, 5.41) is 9.72. The number of nitrogens with zero attached hydrogens (tertiary/aromatic N) is 4. The van der Waals surface area contributed by atoms with Gasteiger partial charge in [0.25, 0.3) is 5.56 Å². The van der Waals surface area contributed by atoms with Gasteiger partial charge in [-0.15, -0.1) is 0 Å². The summed E-state index contributed by atoms with van der Waals surface area (Å²) in [7, 11) is 3.12. The quantitative estimate of drug-likeness (QED) is 0.485. The fourth-order valence-electron chi connectivity index (χ4n) is 3.36. The molecule has 0 unspecified atom stereocenters. The van der Waals surface area contributed by atoms with Crippen molar-refractivity contribution in [1.29, 1.82) is 5.26 Å². The third-order valence-corrected chi connectivity index (χ3v) is 5.34. The Hall–Kier alpha value is -3.37. The number of aromatic nitrogens is 3. The highest BCUT2D eigenvalue weighted by atomic mass is 79.9. The molecule has 2 aromatic carbocycles. The first-order valence-electron chi connectivity index (χ1n) is 8.50. The molecule has 0 aliphatic heterocycles. The van der Waals surface area contributed by atoms with Crippen molar-refractivity contribution in [3.05, 3.63) is 85.6 Å². The molecule has 0 aliphatic rings. The number of hydrogen-bond donors (Lipinski definition) is 0. The van der Waals surface area contributed by atoms with Gasteiger partial charge in [0.2, 0.25) is 0 Å². The van der Waals surface area contributed by atoms with E-state index in [1.54, 1.807) is 31.4 Å². The van der Waals surface area contributed by atoms with E-state index in [1.807, 2.05) is 34.9 Å². The van der Waals surface area contributed by atoms with Crippen molar-refractivity contribution >= 4 is 26.8 Å². The molecule has 0 saturated carbocycles. The lowest BCUT2D eigenvalue weighted by atomic mass is 10.1. The highest BCUT2D eigenvalue weighted by molar-refractivity contribution is 9.10. The highest BCUT2D eigenvalue weighted by Crippen LogP contribution is 2.31. The molecule has 7 heteroatoms. The third-order valence-electron chi connectivity index (χ3n) is 4.81. The Kier molecular flexibility index (Phi) is 4.28. The second-order valence-corrected chi connectivity index (χ2v) is 7.40. The molecule has 2 aromatic heterocycles. The normalized spacial score (nSPS) is 10.9. The minimum atomic E-state index is -0.386. The molecular weight excluding hydrogens is 420 g/mol. The van der Waals surface area contributed by atoms with Gasteiger partial charge in [0.15, 0.2) is 0 Å². The van der Waals surface area contributed by atoms with E-state index >= 15 is 0 Å². The molecule has 0 radical (unpaired) electrons. The van der Waals surface area contributed by atoms with Gasteiger partial charge >= 0.3 is 5.69 Å². The van der Waals surface area contributed by atoms with Gasteiger partial charge in [-0.2, -0.15) is 5.26 Å². The monoisotopic (exact) mass is 434 g/mol. The Morgan fingerprint density at radius 3 is 2.39 bits per heavy atom. The zero-order valence-electron chi connectivity index (χ0n) is 15.2. The summed E-state index contributed by atoms with van der Waals surface area (Å²) in [6.45, 7) is 0. The van der Waals surface area contributed by atoms with E-state index in [0.29, 0.717) is 22.2 Å². The Balaban J connectivity index is 2.20. The summed E-state index contributed by atoms with van der Waals surface area (Å²) in [6, 6.07) is 16.9. The standard InChI is InChI=1S/C21H15BrN4O2/c1-24-17-12-26(16-5-3-4-13(10-16)11-23)19(14-6-8-15(22)9-7-14)18(17)20(27)25(2)21(24)28/h3-10,12H,1-2H3. The van der Waals surface area contributed by atoms with Gasteiger partial charge in [-0.1, -0.05) is 34.1 Å². The lowest BCUT2D eigenvalue weighted by Crippen LogP contribution is -2.36. The average molecular weight is 435 g/mol. The van der Waals surface area contributed by atoms with E-state index in [9.17, 15) is 14.9 Å². The summed E-state index contributed by atoms with van der Waals surface area (Å²) in [5.41, 5.74) is 2.55. The molecule has 0 atom stereocenters. The van der Waals surface area contributed by atoms with E-state index in [2.05, 4.69) is 22.0 Å². The first kappa shape index (κ1) is 18.0. The Morgan fingerprint density at radius 1 is 1.00 bits per heavy atom. The van der Waals surface area contributed by atoms with Crippen LogP contribution < -0.4 is 11.2 Å². The van der Waals surface area contributed by atoms with Gasteiger partial charge in [0.1, 0.15) is 0 Å². The van der Waals surface area contributed by atoms with E-state index in [1.165, 1.54) is 11.6 Å². The van der Waals surface area contributed by atoms with Crippen molar-refractivity contribution in [2.75, 3.05) is 0 Å². The van der Waals surface area contributed by atoms with Crippen molar-refractivity contribution in [2.45, 2.75) is 0 Å². The number of rotatable bonds is 2. The molecule has 0 aliphatic carbocycles. The number of benzene rings is 2. The molecule has 0 spiro atoms. The van der Waals surface area contributed by atoms with Gasteiger partial charge < -0.3 is 4.57 Å². The van der Waals surface area contributed by atoms with Crippen LogP contribution in [0.2, 0.25) is 0 Å². The second kappa shape index (κ2) is 6.66. The molecule has 6 nitrogen and oxygen atoms in total. The maximum Gasteiger partial charge on any atom is 0.330 e. The van der Waals surface area contributed by atoms with Crippen LogP contribution in [-0.2, 0) is 14.1 Å². The maximum absolute atomic E-state index is 13.0. The van der Waals surface area contributed by atoms with Gasteiger partial charge in [-0.3, -0.25) is 13.9 Å². The van der Waals surface area contributed by atoms with Crippen LogP contribution in [0.4, 0.5) is 0 Å². The molecule has 0 N–H and O–H groups in total. The van der Waals surface area contributed by atoms with Crippen LogP contribution in [0.25, 0.3) is 27.8 Å². The van der Waals surface area contributed by atoms with Crippen molar-refractivity contribution in [3.8, 4) is 23.0 Å². The molecule has 0 fully saturated rings. The van der Waals surface area contributed by atoms with Crippen LogP contribution in [0.15, 0.2) is 68.8 Å². The minimum absolute atomic E-state index is 0.355. The van der Waals surface area contributed by atoms with E-state index in [0.717, 1.165) is 20.3 Å². The summed E-state index contributed by atoms with van der Waals surface area (Å²) in [6.07, 6.45) is 1.77. The predicted molar refractivity (Wildman–Crippen MR) is 112 cm³/mol. The SMILES string of the molecule is Cn1c(=O)c2c(-c3ccc(Br)cc3)n(-c3cccc(C#N)c3)cc2n(C)c1=O. The van der Waals surface area contributed by atoms with Crippen LogP contribution >= 0.6 is 15.9 Å². The Bertz CT molecular complexity index is 1390. The second-order valence-electron chi connectivity index (χ2n) is 6.48. The fraction of sp³-hybridized carbons (Fsp3) is 0.0952. The lowest BCUT2D eigenvalue weighted by molar-refractivity contribution is 0.714. The van der Waals surface area contributed by atoms with Gasteiger partial charge in [0, 0.05) is 30.5 Å². The summed E-state index contributed by atoms with van der Waals surface area (Å²) in [5.74, 6) is 0. The summed E-state index contributed by atoms with van der Waals surface area (Å²) < 4.78 is 5.35. The van der Waals surface area contributed by atoms with Crippen LogP contribution in [0, 0.1) is 11.3 Å².